The summed E-state index contributed by atoms with van der Waals surface area (Å²) in [5.74, 6) is 1.34. The molecule has 104 valence electrons. The van der Waals surface area contributed by atoms with Crippen LogP contribution < -0.4 is 10.6 Å². The van der Waals surface area contributed by atoms with Gasteiger partial charge in [-0.05, 0) is 24.7 Å². The van der Waals surface area contributed by atoms with Crippen LogP contribution in [0.15, 0.2) is 0 Å². The maximum atomic E-state index is 11.9. The van der Waals surface area contributed by atoms with Gasteiger partial charge in [0.05, 0.1) is 0 Å². The molecule has 3 unspecified atom stereocenters. The lowest BCUT2D eigenvalue weighted by Gasteiger charge is -2.27. The molecule has 3 atom stereocenters. The standard InChI is InChI=1S/C13H24N2O2S/c1-9-4-3-5-11(6-9)7-14-13(17)12(8-18)15-10(2)16/h9,11-12,18H,3-8H2,1-2H3,(H,14,17)(H,15,16). The molecule has 0 aromatic rings. The molecule has 4 nitrogen and oxygen atoms in total. The Balaban J connectivity index is 2.32. The van der Waals surface area contributed by atoms with Crippen molar-refractivity contribution in [3.05, 3.63) is 0 Å². The predicted molar refractivity (Wildman–Crippen MR) is 75.6 cm³/mol. The Hall–Kier alpha value is -0.710. The van der Waals surface area contributed by atoms with E-state index in [0.717, 1.165) is 5.92 Å². The van der Waals surface area contributed by atoms with E-state index in [9.17, 15) is 9.59 Å². The Bertz CT molecular complexity index is 297. The molecular formula is C13H24N2O2S. The molecule has 2 N–H and O–H groups in total. The summed E-state index contributed by atoms with van der Waals surface area (Å²) >= 11 is 4.09. The summed E-state index contributed by atoms with van der Waals surface area (Å²) in [7, 11) is 0. The van der Waals surface area contributed by atoms with E-state index in [-0.39, 0.29) is 11.8 Å². The molecule has 1 fully saturated rings. The number of hydrogen-bond acceptors (Lipinski definition) is 3. The van der Waals surface area contributed by atoms with Crippen LogP contribution in [-0.4, -0.2) is 30.2 Å². The Morgan fingerprint density at radius 1 is 1.39 bits per heavy atom. The first-order valence-corrected chi connectivity index (χ1v) is 7.31. The number of hydrogen-bond donors (Lipinski definition) is 3. The molecule has 2 amide bonds. The zero-order valence-electron chi connectivity index (χ0n) is 11.2. The molecule has 18 heavy (non-hydrogen) atoms. The lowest BCUT2D eigenvalue weighted by molar-refractivity contribution is -0.127. The summed E-state index contributed by atoms with van der Waals surface area (Å²) in [6.07, 6.45) is 4.93. The maximum Gasteiger partial charge on any atom is 0.243 e. The fourth-order valence-corrected chi connectivity index (χ4v) is 2.81. The second kappa shape index (κ2) is 7.67. The van der Waals surface area contributed by atoms with Gasteiger partial charge in [-0.1, -0.05) is 19.8 Å². The number of rotatable bonds is 5. The van der Waals surface area contributed by atoms with E-state index in [1.54, 1.807) is 0 Å². The third-order valence-electron chi connectivity index (χ3n) is 3.49. The van der Waals surface area contributed by atoms with Gasteiger partial charge in [-0.2, -0.15) is 12.6 Å². The molecule has 1 aliphatic rings. The number of carbonyl (C=O) groups is 2. The molecule has 0 aliphatic heterocycles. The van der Waals surface area contributed by atoms with E-state index >= 15 is 0 Å². The lowest BCUT2D eigenvalue weighted by Crippen LogP contribution is -2.48. The van der Waals surface area contributed by atoms with Crippen molar-refractivity contribution in [1.82, 2.24) is 10.6 Å². The van der Waals surface area contributed by atoms with E-state index in [1.165, 1.54) is 32.6 Å². The molecule has 1 rings (SSSR count). The highest BCUT2D eigenvalue weighted by molar-refractivity contribution is 7.80. The molecule has 0 spiro atoms. The number of carbonyl (C=O) groups excluding carboxylic acids is 2. The van der Waals surface area contributed by atoms with Crippen LogP contribution in [0.3, 0.4) is 0 Å². The molecule has 0 heterocycles. The van der Waals surface area contributed by atoms with Crippen LogP contribution in [0, 0.1) is 11.8 Å². The second-order valence-electron chi connectivity index (χ2n) is 5.32. The van der Waals surface area contributed by atoms with Crippen LogP contribution in [0.25, 0.3) is 0 Å². The molecular weight excluding hydrogens is 248 g/mol. The van der Waals surface area contributed by atoms with Crippen molar-refractivity contribution in [2.45, 2.75) is 45.6 Å². The summed E-state index contributed by atoms with van der Waals surface area (Å²) in [5.41, 5.74) is 0. The highest BCUT2D eigenvalue weighted by Gasteiger charge is 2.22. The van der Waals surface area contributed by atoms with Crippen molar-refractivity contribution < 1.29 is 9.59 Å². The minimum Gasteiger partial charge on any atom is -0.354 e. The van der Waals surface area contributed by atoms with Gasteiger partial charge in [0.1, 0.15) is 6.04 Å². The van der Waals surface area contributed by atoms with E-state index in [2.05, 4.69) is 30.2 Å². The minimum atomic E-state index is -0.521. The first-order valence-electron chi connectivity index (χ1n) is 6.68. The van der Waals surface area contributed by atoms with Gasteiger partial charge >= 0.3 is 0 Å². The highest BCUT2D eigenvalue weighted by Crippen LogP contribution is 2.27. The predicted octanol–water partition coefficient (Wildman–Crippen LogP) is 1.36. The summed E-state index contributed by atoms with van der Waals surface area (Å²) < 4.78 is 0. The van der Waals surface area contributed by atoms with E-state index in [0.29, 0.717) is 18.2 Å². The first kappa shape index (κ1) is 15.3. The Morgan fingerprint density at radius 2 is 2.11 bits per heavy atom. The Morgan fingerprint density at radius 3 is 2.67 bits per heavy atom. The summed E-state index contributed by atoms with van der Waals surface area (Å²) in [6, 6.07) is -0.521. The van der Waals surface area contributed by atoms with Gasteiger partial charge in [-0.3, -0.25) is 9.59 Å². The van der Waals surface area contributed by atoms with Gasteiger partial charge < -0.3 is 10.6 Å². The normalized spacial score (nSPS) is 25.3. The van der Waals surface area contributed by atoms with Gasteiger partial charge in [0.2, 0.25) is 11.8 Å². The van der Waals surface area contributed by atoms with Gasteiger partial charge in [-0.15, -0.1) is 0 Å². The number of amides is 2. The quantitative estimate of drug-likeness (QED) is 0.662. The Labute approximate surface area is 115 Å². The van der Waals surface area contributed by atoms with Gasteiger partial charge in [0.25, 0.3) is 0 Å². The van der Waals surface area contributed by atoms with Crippen LogP contribution in [0.4, 0.5) is 0 Å². The molecule has 0 radical (unpaired) electrons. The van der Waals surface area contributed by atoms with E-state index < -0.39 is 6.04 Å². The van der Waals surface area contributed by atoms with Crippen molar-refractivity contribution in [3.8, 4) is 0 Å². The third-order valence-corrected chi connectivity index (χ3v) is 3.85. The van der Waals surface area contributed by atoms with Crippen LogP contribution in [0.2, 0.25) is 0 Å². The molecule has 0 saturated heterocycles. The third kappa shape index (κ3) is 5.29. The summed E-state index contributed by atoms with van der Waals surface area (Å²) in [6.45, 7) is 4.39. The zero-order chi connectivity index (χ0) is 13.5. The highest BCUT2D eigenvalue weighted by atomic mass is 32.1. The SMILES string of the molecule is CC(=O)NC(CS)C(=O)NCC1CCCC(C)C1. The van der Waals surface area contributed by atoms with Gasteiger partial charge in [0.15, 0.2) is 0 Å². The molecule has 0 aromatic carbocycles. The lowest BCUT2D eigenvalue weighted by atomic mass is 9.82. The Kier molecular flexibility index (Phi) is 6.54. The second-order valence-corrected chi connectivity index (χ2v) is 5.68. The zero-order valence-corrected chi connectivity index (χ0v) is 12.1. The van der Waals surface area contributed by atoms with E-state index in [1.807, 2.05) is 0 Å². The van der Waals surface area contributed by atoms with E-state index in [4.69, 9.17) is 0 Å². The van der Waals surface area contributed by atoms with Crippen LogP contribution >= 0.6 is 12.6 Å². The van der Waals surface area contributed by atoms with Crippen molar-refractivity contribution in [2.75, 3.05) is 12.3 Å². The van der Waals surface area contributed by atoms with Crippen LogP contribution in [-0.2, 0) is 9.59 Å². The fraction of sp³-hybridized carbons (Fsp3) is 0.846. The smallest absolute Gasteiger partial charge is 0.243 e. The molecule has 1 saturated carbocycles. The average molecular weight is 272 g/mol. The monoisotopic (exact) mass is 272 g/mol. The maximum absolute atomic E-state index is 11.9. The van der Waals surface area contributed by atoms with Gasteiger partial charge in [0, 0.05) is 19.2 Å². The molecule has 0 aromatic heterocycles. The molecule has 0 bridgehead atoms. The van der Waals surface area contributed by atoms with Crippen molar-refractivity contribution in [2.24, 2.45) is 11.8 Å². The van der Waals surface area contributed by atoms with Crippen molar-refractivity contribution in [3.63, 3.8) is 0 Å². The largest absolute Gasteiger partial charge is 0.354 e. The summed E-state index contributed by atoms with van der Waals surface area (Å²) in [4.78, 5) is 22.8. The fourth-order valence-electron chi connectivity index (χ4n) is 2.55. The summed E-state index contributed by atoms with van der Waals surface area (Å²) in [5, 5.41) is 5.53. The minimum absolute atomic E-state index is 0.126. The molecule has 1 aliphatic carbocycles. The van der Waals surface area contributed by atoms with Crippen molar-refractivity contribution >= 4 is 24.4 Å². The average Bonchev–Trinajstić information content (AvgIpc) is 2.33. The first-order chi connectivity index (χ1) is 8.52. The number of nitrogens with one attached hydrogen (secondary N) is 2. The van der Waals surface area contributed by atoms with Crippen LogP contribution in [0.5, 0.6) is 0 Å². The molecule has 5 heteroatoms. The number of thiol groups is 1. The van der Waals surface area contributed by atoms with Crippen molar-refractivity contribution in [1.29, 1.82) is 0 Å². The van der Waals surface area contributed by atoms with Gasteiger partial charge in [-0.25, -0.2) is 0 Å². The topological polar surface area (TPSA) is 58.2 Å². The van der Waals surface area contributed by atoms with Crippen LogP contribution in [0.1, 0.15) is 39.5 Å².